The van der Waals surface area contributed by atoms with E-state index in [1.807, 2.05) is 0 Å². The fraction of sp³-hybridized carbons (Fsp3) is 0.500. The molecule has 4 aromatic rings. The minimum Gasteiger partial charge on any atom is -0.508 e. The number of nitrogens with zero attached hydrogens (tertiary/aromatic N) is 2. The number of para-hydroxylation sites is 1. The van der Waals surface area contributed by atoms with Crippen LogP contribution in [-0.2, 0) is 86.4 Å². The Hall–Kier alpha value is -10.6. The first kappa shape index (κ1) is 83.7. The van der Waals surface area contributed by atoms with Gasteiger partial charge in [0.15, 0.2) is 5.96 Å². The van der Waals surface area contributed by atoms with Crippen molar-refractivity contribution >= 4 is 121 Å². The molecule has 1 aliphatic carbocycles. The molecule has 11 atom stereocenters. The number of amides is 13. The molecule has 2 aliphatic heterocycles. The third-order valence-electron chi connectivity index (χ3n) is 18.3. The monoisotopic (exact) mass is 1530 g/mol. The number of hydrogen-bond donors (Lipinski definition) is 18. The number of aromatic hydroxyl groups is 1. The first-order valence-corrected chi connectivity index (χ1v) is 37.7. The van der Waals surface area contributed by atoms with E-state index in [0.717, 1.165) is 27.7 Å². The van der Waals surface area contributed by atoms with Gasteiger partial charge in [0.1, 0.15) is 72.0 Å². The summed E-state index contributed by atoms with van der Waals surface area (Å²) in [5.74, 6) is -16.0. The quantitative estimate of drug-likeness (QED) is 0.0155. The van der Waals surface area contributed by atoms with Crippen LogP contribution >= 0.6 is 21.6 Å². The van der Waals surface area contributed by atoms with Gasteiger partial charge >= 0.3 is 5.97 Å². The molecule has 3 heterocycles. The second-order valence-corrected chi connectivity index (χ2v) is 29.2. The van der Waals surface area contributed by atoms with Crippen LogP contribution in [0.15, 0.2) is 84.0 Å². The van der Waals surface area contributed by atoms with Crippen molar-refractivity contribution in [3.63, 3.8) is 0 Å². The van der Waals surface area contributed by atoms with E-state index in [1.165, 1.54) is 47.4 Å². The van der Waals surface area contributed by atoms with Gasteiger partial charge in [0.05, 0.1) is 0 Å². The number of H-pyrrole nitrogens is 1. The first-order chi connectivity index (χ1) is 51.0. The number of guanidine groups is 1. The molecule has 13 amide bonds. The number of halogens is 1. The summed E-state index contributed by atoms with van der Waals surface area (Å²) in [5.41, 5.74) is 30.0. The number of fused-ring (bicyclic) bond motifs is 1. The Morgan fingerprint density at radius 1 is 0.673 bits per heavy atom. The summed E-state index contributed by atoms with van der Waals surface area (Å²) < 4.78 is 15.7. The van der Waals surface area contributed by atoms with Crippen molar-refractivity contribution < 1.29 is 81.7 Å². The Kier molecular flexibility index (Phi) is 32.4. The van der Waals surface area contributed by atoms with Gasteiger partial charge in [-0.3, -0.25) is 72.1 Å². The highest BCUT2D eigenvalue weighted by molar-refractivity contribution is 8.76. The van der Waals surface area contributed by atoms with Crippen molar-refractivity contribution in [2.45, 2.75) is 183 Å². The van der Waals surface area contributed by atoms with Crippen molar-refractivity contribution in [3.05, 3.63) is 102 Å². The van der Waals surface area contributed by atoms with E-state index in [0.29, 0.717) is 54.1 Å². The van der Waals surface area contributed by atoms with Crippen LogP contribution < -0.4 is 81.8 Å². The fourth-order valence-corrected chi connectivity index (χ4v) is 15.0. The summed E-state index contributed by atoms with van der Waals surface area (Å²) in [6.45, 7) is 1.35. The number of phenolic OH excluding ortho intramolecular Hbond substituents is 1. The molecule has 1 saturated carbocycles. The number of rotatable bonds is 24. The van der Waals surface area contributed by atoms with Crippen LogP contribution in [0.25, 0.3) is 10.9 Å². The van der Waals surface area contributed by atoms with Crippen LogP contribution in [0.5, 0.6) is 5.75 Å². The Balaban J connectivity index is 1.28. The van der Waals surface area contributed by atoms with Crippen molar-refractivity contribution in [2.75, 3.05) is 31.1 Å². The smallest absolute Gasteiger partial charge is 0.303 e. The summed E-state index contributed by atoms with van der Waals surface area (Å²) in [5, 5.41) is 46.9. The van der Waals surface area contributed by atoms with Gasteiger partial charge in [-0.05, 0) is 105 Å². The molecule has 580 valence electrons. The molecule has 107 heavy (non-hydrogen) atoms. The number of nitrogens with two attached hydrogens (primary N) is 5. The summed E-state index contributed by atoms with van der Waals surface area (Å²) in [6.07, 6.45) is 0.118. The standard InChI is InChI=1S/C70H95FN18O16S2/c1-37(72)30-57(93)89-29-9-17-54(89)68(104)84-49(31-38-18-20-42(90)21-19-38)64(100)87-53-36-107-106-35-52(60(74)96)86-63(99)48(23-25-58(94)95)82-66(102)51(33-41-34-79-45-15-7-5-13-43(41)45)83-62(98)47(22-24-55(73)91)80-56(92)26-28-77-61(97)46(16-8-27-78-70(75)76)81-65(101)50(32-40-12-4-6-14-44(40)71)85-69(105)59(88-67(53)103)39-10-2-3-11-39/h4-7,12-15,18-21,34,37,39,46-54,59,79,90H,2-3,8-11,16-17,22-33,35-36,72H2,1H3,(H2,73,91)(H2,74,96)(H,77,97)(H,80,92)(H,81,101)(H,82,102)(H,83,98)(H,84,104)(H,85,105)(H,86,99)(H,87,100)(H,88,103)(H,94,95)(H4,75,76,78)/t37-,46+,47+,48+,49+,50+,51+,52-,53+,54+,59+/m1/s1. The number of benzene rings is 3. The van der Waals surface area contributed by atoms with Crippen LogP contribution in [0.1, 0.15) is 114 Å². The molecular formula is C70H95FN18O16S2. The molecule has 23 N–H and O–H groups in total. The Labute approximate surface area is 623 Å². The lowest BCUT2D eigenvalue weighted by Gasteiger charge is -2.30. The number of phenols is 1. The van der Waals surface area contributed by atoms with E-state index < -0.39 is 218 Å². The molecule has 1 aromatic heterocycles. The number of primary amides is 2. The highest BCUT2D eigenvalue weighted by Gasteiger charge is 2.41. The van der Waals surface area contributed by atoms with Crippen molar-refractivity contribution in [1.82, 2.24) is 63.1 Å². The van der Waals surface area contributed by atoms with Crippen LogP contribution in [0.2, 0.25) is 0 Å². The summed E-state index contributed by atoms with van der Waals surface area (Å²) in [4.78, 5) is 206. The number of aliphatic imine (C=N–C) groups is 1. The van der Waals surface area contributed by atoms with E-state index in [4.69, 9.17) is 28.7 Å². The van der Waals surface area contributed by atoms with Crippen molar-refractivity contribution in [2.24, 2.45) is 39.6 Å². The van der Waals surface area contributed by atoms with Crippen LogP contribution in [0, 0.1) is 11.7 Å². The normalized spacial score (nSPS) is 23.1. The van der Waals surface area contributed by atoms with E-state index in [1.54, 1.807) is 37.4 Å². The number of nitrogens with one attached hydrogen (secondary N) is 11. The van der Waals surface area contributed by atoms with E-state index in [9.17, 15) is 63.0 Å². The summed E-state index contributed by atoms with van der Waals surface area (Å²) in [6, 6.07) is 1.99. The molecule has 0 unspecified atom stereocenters. The molecule has 3 fully saturated rings. The number of aliphatic carboxylic acids is 1. The number of carbonyl (C=O) groups excluding carboxylic acids is 13. The highest BCUT2D eigenvalue weighted by Crippen LogP contribution is 2.30. The van der Waals surface area contributed by atoms with Gasteiger partial charge in [0.25, 0.3) is 0 Å². The maximum Gasteiger partial charge on any atom is 0.303 e. The third kappa shape index (κ3) is 26.5. The molecule has 37 heteroatoms. The maximum absolute atomic E-state index is 15.7. The zero-order valence-corrected chi connectivity index (χ0v) is 60.7. The number of hydrogen-bond acceptors (Lipinski definition) is 19. The van der Waals surface area contributed by atoms with Gasteiger partial charge < -0.3 is 102 Å². The number of aromatic nitrogens is 1. The topological polar surface area (TPSA) is 561 Å². The predicted octanol–water partition coefficient (Wildman–Crippen LogP) is -2.11. The second-order valence-electron chi connectivity index (χ2n) is 26.6. The maximum atomic E-state index is 15.7. The van der Waals surface area contributed by atoms with E-state index >= 15 is 18.8 Å². The van der Waals surface area contributed by atoms with Crippen molar-refractivity contribution in [1.29, 1.82) is 0 Å². The van der Waals surface area contributed by atoms with Gasteiger partial charge in [-0.15, -0.1) is 0 Å². The Bertz CT molecular complexity index is 3880. The zero-order valence-electron chi connectivity index (χ0n) is 59.1. The molecule has 3 aromatic carbocycles. The summed E-state index contributed by atoms with van der Waals surface area (Å²) >= 11 is 0. The molecule has 2 saturated heterocycles. The Morgan fingerprint density at radius 3 is 1.94 bits per heavy atom. The lowest BCUT2D eigenvalue weighted by Crippen LogP contribution is -2.61. The van der Waals surface area contributed by atoms with E-state index in [2.05, 4.69) is 63.1 Å². The third-order valence-corrected chi connectivity index (χ3v) is 20.7. The predicted molar refractivity (Wildman–Crippen MR) is 393 cm³/mol. The number of carbonyl (C=O) groups is 14. The van der Waals surface area contributed by atoms with Gasteiger partial charge in [-0.1, -0.05) is 83.0 Å². The lowest BCUT2D eigenvalue weighted by molar-refractivity contribution is -0.140. The average Bonchev–Trinajstić information content (AvgIpc) is 1.74. The van der Waals surface area contributed by atoms with E-state index in [-0.39, 0.29) is 68.9 Å². The lowest BCUT2D eigenvalue weighted by atomic mass is 9.95. The summed E-state index contributed by atoms with van der Waals surface area (Å²) in [7, 11) is 1.70. The molecule has 7 rings (SSSR count). The number of aromatic amines is 1. The van der Waals surface area contributed by atoms with Crippen molar-refractivity contribution in [3.8, 4) is 5.75 Å². The van der Waals surface area contributed by atoms with Crippen LogP contribution in [0.3, 0.4) is 0 Å². The molecular weight excluding hydrogens is 1430 g/mol. The molecule has 0 spiro atoms. The van der Waals surface area contributed by atoms with Gasteiger partial charge in [-0.25, -0.2) is 4.39 Å². The second kappa shape index (κ2) is 41.4. The molecule has 0 bridgehead atoms. The van der Waals surface area contributed by atoms with Gasteiger partial charge in [0, 0.05) is 99.2 Å². The zero-order chi connectivity index (χ0) is 77.9. The number of carboxylic acids is 1. The number of likely N-dealkylation sites (tertiary alicyclic amines) is 1. The fourth-order valence-electron chi connectivity index (χ4n) is 12.6. The molecule has 0 radical (unpaired) electrons. The largest absolute Gasteiger partial charge is 0.508 e. The van der Waals surface area contributed by atoms with Crippen LogP contribution in [0.4, 0.5) is 4.39 Å². The molecule has 34 nitrogen and oxygen atoms in total. The van der Waals surface area contributed by atoms with Gasteiger partial charge in [0.2, 0.25) is 76.8 Å². The van der Waals surface area contributed by atoms with Crippen LogP contribution in [-0.4, -0.2) is 206 Å². The average molecular weight is 1530 g/mol. The number of carboxylic acid groups (broad SMARTS) is 1. The SMILES string of the molecule is C[C@@H](N)CC(=O)N1CCC[C@H]1C(=O)N[C@@H](Cc1ccc(O)cc1)C(=O)N[C@H]1CSSC[C@H](C(N)=O)NC(=O)[C@H](CCC(=O)O)NC(=O)[C@H](Cc2c[nH]c3ccccc23)NC(=O)[C@H](CCC(N)=O)NC(=O)CCNC(=O)[C@H](CCCN=C(N)N)NC(=O)[C@H](Cc2ccccc2F)NC(=O)[C@H](C2CCCC2)NC1=O. The minimum absolute atomic E-state index is 0.0427. The van der Waals surface area contributed by atoms with Gasteiger partial charge in [-0.2, -0.15) is 0 Å². The highest BCUT2D eigenvalue weighted by atomic mass is 33.1. The molecule has 3 aliphatic rings. The first-order valence-electron chi connectivity index (χ1n) is 35.2. The Morgan fingerprint density at radius 2 is 1.28 bits per heavy atom. The minimum atomic E-state index is -1.75.